The molecule has 0 aliphatic heterocycles. The summed E-state index contributed by atoms with van der Waals surface area (Å²) in [5, 5.41) is 19.6. The van der Waals surface area contributed by atoms with E-state index in [1.54, 1.807) is 6.07 Å². The van der Waals surface area contributed by atoms with Crippen LogP contribution < -0.4 is 4.90 Å². The second-order valence-electron chi connectivity index (χ2n) is 4.27. The lowest BCUT2D eigenvalue weighted by molar-refractivity contribution is -0.385. The molecule has 0 aromatic heterocycles. The fourth-order valence-electron chi connectivity index (χ4n) is 1.97. The van der Waals surface area contributed by atoms with E-state index >= 15 is 0 Å². The van der Waals surface area contributed by atoms with E-state index in [1.807, 2.05) is 13.1 Å². The first-order valence-corrected chi connectivity index (χ1v) is 5.55. The number of benzene rings is 1. The summed E-state index contributed by atoms with van der Waals surface area (Å²) >= 11 is 0. The van der Waals surface area contributed by atoms with Crippen LogP contribution in [0.15, 0.2) is 18.2 Å². The Labute approximate surface area is 99.4 Å². The Bertz CT molecular complexity index is 489. The van der Waals surface area contributed by atoms with Crippen LogP contribution in [0.3, 0.4) is 0 Å². The maximum atomic E-state index is 10.8. The van der Waals surface area contributed by atoms with Gasteiger partial charge in [-0.3, -0.25) is 10.1 Å². The molecule has 1 aliphatic carbocycles. The van der Waals surface area contributed by atoms with Gasteiger partial charge in [0.2, 0.25) is 0 Å². The van der Waals surface area contributed by atoms with Crippen LogP contribution in [0.4, 0.5) is 11.4 Å². The molecule has 0 saturated heterocycles. The van der Waals surface area contributed by atoms with E-state index in [-0.39, 0.29) is 11.3 Å². The smallest absolute Gasteiger partial charge is 0.289 e. The van der Waals surface area contributed by atoms with Crippen molar-refractivity contribution in [1.82, 2.24) is 0 Å². The van der Waals surface area contributed by atoms with Gasteiger partial charge >= 0.3 is 0 Å². The Morgan fingerprint density at radius 3 is 2.71 bits per heavy atom. The minimum Gasteiger partial charge on any atom is -0.371 e. The molecule has 0 N–H and O–H groups in total. The molecule has 0 heterocycles. The van der Waals surface area contributed by atoms with E-state index < -0.39 is 4.92 Å². The van der Waals surface area contributed by atoms with Gasteiger partial charge in [0, 0.05) is 24.8 Å². The van der Waals surface area contributed by atoms with Crippen molar-refractivity contribution < 1.29 is 4.92 Å². The Balaban J connectivity index is 2.33. The van der Waals surface area contributed by atoms with Gasteiger partial charge in [-0.15, -0.1) is 0 Å². The Hall–Kier alpha value is -2.09. The summed E-state index contributed by atoms with van der Waals surface area (Å²) in [7, 11) is 1.94. The van der Waals surface area contributed by atoms with Crippen molar-refractivity contribution in [2.24, 2.45) is 0 Å². The first-order valence-electron chi connectivity index (χ1n) is 5.55. The maximum absolute atomic E-state index is 10.8. The predicted molar refractivity (Wildman–Crippen MR) is 63.9 cm³/mol. The molecule has 0 atom stereocenters. The van der Waals surface area contributed by atoms with Crippen molar-refractivity contribution in [2.45, 2.75) is 25.3 Å². The molecule has 0 bridgehead atoms. The van der Waals surface area contributed by atoms with E-state index in [0.717, 1.165) is 18.5 Å². The number of nitro benzene ring substituents is 1. The monoisotopic (exact) mass is 231 g/mol. The summed E-state index contributed by atoms with van der Waals surface area (Å²) in [4.78, 5) is 12.4. The minimum atomic E-state index is -0.503. The molecule has 1 aliphatic rings. The lowest BCUT2D eigenvalue weighted by Crippen LogP contribution is -2.37. The molecule has 0 unspecified atom stereocenters. The van der Waals surface area contributed by atoms with Gasteiger partial charge in [-0.2, -0.15) is 5.26 Å². The summed E-state index contributed by atoms with van der Waals surface area (Å²) in [6.45, 7) is 0. The van der Waals surface area contributed by atoms with Gasteiger partial charge in [-0.25, -0.2) is 0 Å². The lowest BCUT2D eigenvalue weighted by Gasteiger charge is -2.36. The molecule has 1 aromatic rings. The molecule has 0 amide bonds. The van der Waals surface area contributed by atoms with Crippen molar-refractivity contribution in [3.8, 4) is 6.07 Å². The fraction of sp³-hybridized carbons (Fsp3) is 0.417. The average molecular weight is 231 g/mol. The van der Waals surface area contributed by atoms with Crippen LogP contribution in [0.25, 0.3) is 0 Å². The number of hydrogen-bond acceptors (Lipinski definition) is 4. The van der Waals surface area contributed by atoms with E-state index in [9.17, 15) is 10.1 Å². The molecular formula is C12H13N3O2. The Morgan fingerprint density at radius 2 is 2.24 bits per heavy atom. The van der Waals surface area contributed by atoms with Crippen LogP contribution in [-0.4, -0.2) is 18.0 Å². The Kier molecular flexibility index (Phi) is 2.96. The van der Waals surface area contributed by atoms with Crippen LogP contribution in [0.1, 0.15) is 24.8 Å². The van der Waals surface area contributed by atoms with Crippen molar-refractivity contribution >= 4 is 11.4 Å². The molecule has 5 heteroatoms. The highest BCUT2D eigenvalue weighted by Gasteiger charge is 2.24. The van der Waals surface area contributed by atoms with E-state index in [4.69, 9.17) is 5.26 Å². The van der Waals surface area contributed by atoms with Crippen molar-refractivity contribution in [2.75, 3.05) is 11.9 Å². The third kappa shape index (κ3) is 2.07. The van der Waals surface area contributed by atoms with Crippen molar-refractivity contribution in [3.63, 3.8) is 0 Å². The molecule has 5 nitrogen and oxygen atoms in total. The number of nitro groups is 1. The Morgan fingerprint density at radius 1 is 1.53 bits per heavy atom. The minimum absolute atomic E-state index is 0.112. The zero-order valence-electron chi connectivity index (χ0n) is 9.59. The first kappa shape index (κ1) is 11.4. The summed E-state index contributed by atoms with van der Waals surface area (Å²) < 4.78 is 0. The van der Waals surface area contributed by atoms with Gasteiger partial charge in [0.05, 0.1) is 4.92 Å². The molecule has 1 aromatic carbocycles. The first-order chi connectivity index (χ1) is 8.13. The second-order valence-corrected chi connectivity index (χ2v) is 4.27. The molecule has 17 heavy (non-hydrogen) atoms. The van der Waals surface area contributed by atoms with Crippen LogP contribution in [0.5, 0.6) is 0 Å². The summed E-state index contributed by atoms with van der Waals surface area (Å²) in [5.74, 6) is 0. The SMILES string of the molecule is CN(c1ccc(C#N)c([N+](=O)[O-])c1)C1CCC1. The molecule has 1 fully saturated rings. The number of nitriles is 1. The molecule has 0 spiro atoms. The van der Waals surface area contributed by atoms with Gasteiger partial charge in [0.1, 0.15) is 11.6 Å². The third-order valence-corrected chi connectivity index (χ3v) is 3.33. The lowest BCUT2D eigenvalue weighted by atomic mass is 9.91. The van der Waals surface area contributed by atoms with Gasteiger partial charge < -0.3 is 4.90 Å². The van der Waals surface area contributed by atoms with Gasteiger partial charge in [0.25, 0.3) is 5.69 Å². The number of hydrogen-bond donors (Lipinski definition) is 0. The quantitative estimate of drug-likeness (QED) is 0.591. The van der Waals surface area contributed by atoms with E-state index in [2.05, 4.69) is 4.90 Å². The zero-order chi connectivity index (χ0) is 12.4. The van der Waals surface area contributed by atoms with E-state index in [1.165, 1.54) is 18.6 Å². The summed E-state index contributed by atoms with van der Waals surface area (Å²) in [6.07, 6.45) is 3.47. The highest BCUT2D eigenvalue weighted by molar-refractivity contribution is 5.60. The van der Waals surface area contributed by atoms with Crippen molar-refractivity contribution in [1.29, 1.82) is 5.26 Å². The molecule has 88 valence electrons. The average Bonchev–Trinajstić information content (AvgIpc) is 2.25. The standard InChI is InChI=1S/C12H13N3O2/c1-14(10-3-2-4-10)11-6-5-9(8-13)12(7-11)15(16)17/h5-7,10H,2-4H2,1H3. The summed E-state index contributed by atoms with van der Waals surface area (Å²) in [5.41, 5.74) is 0.803. The van der Waals surface area contributed by atoms with Gasteiger partial charge in [-0.1, -0.05) is 0 Å². The molecule has 0 radical (unpaired) electrons. The summed E-state index contributed by atoms with van der Waals surface area (Å²) in [6, 6.07) is 7.08. The highest BCUT2D eigenvalue weighted by Crippen LogP contribution is 2.31. The van der Waals surface area contributed by atoms with Crippen LogP contribution in [0, 0.1) is 21.4 Å². The molecule has 1 saturated carbocycles. The largest absolute Gasteiger partial charge is 0.371 e. The predicted octanol–water partition coefficient (Wildman–Crippen LogP) is 2.46. The van der Waals surface area contributed by atoms with Gasteiger partial charge in [0.15, 0.2) is 0 Å². The van der Waals surface area contributed by atoms with Crippen LogP contribution in [0.2, 0.25) is 0 Å². The maximum Gasteiger partial charge on any atom is 0.289 e. The molecule has 2 rings (SSSR count). The number of nitrogens with zero attached hydrogens (tertiary/aromatic N) is 3. The highest BCUT2D eigenvalue weighted by atomic mass is 16.6. The fourth-order valence-corrected chi connectivity index (χ4v) is 1.97. The van der Waals surface area contributed by atoms with Gasteiger partial charge in [-0.05, 0) is 31.4 Å². The number of rotatable bonds is 3. The second kappa shape index (κ2) is 4.42. The van der Waals surface area contributed by atoms with E-state index in [0.29, 0.717) is 6.04 Å². The number of anilines is 1. The topological polar surface area (TPSA) is 70.2 Å². The zero-order valence-corrected chi connectivity index (χ0v) is 9.59. The van der Waals surface area contributed by atoms with Crippen molar-refractivity contribution in [3.05, 3.63) is 33.9 Å². The van der Waals surface area contributed by atoms with Crippen LogP contribution in [-0.2, 0) is 0 Å². The van der Waals surface area contributed by atoms with Crippen LogP contribution >= 0.6 is 0 Å². The molecular weight excluding hydrogens is 218 g/mol. The normalized spacial score (nSPS) is 14.8. The third-order valence-electron chi connectivity index (χ3n) is 3.33.